The molecule has 1 amide bonds. The highest BCUT2D eigenvalue weighted by Gasteiger charge is 2.09. The Kier molecular flexibility index (Phi) is 4.68. The van der Waals surface area contributed by atoms with Gasteiger partial charge in [0.1, 0.15) is 17.8 Å². The fourth-order valence-corrected chi connectivity index (χ4v) is 1.85. The van der Waals surface area contributed by atoms with Crippen molar-refractivity contribution in [2.45, 2.75) is 19.9 Å². The first kappa shape index (κ1) is 14.5. The second-order valence-electron chi connectivity index (χ2n) is 4.55. The van der Waals surface area contributed by atoms with E-state index in [0.29, 0.717) is 11.5 Å². The standard InChI is InChI=1S/C14H15BrN4O/c1-9(2)18-13-7-12(16-8-17-13)14(20)19-11-5-3-10(15)4-6-11/h3-9H,1-2H3,(H,19,20)(H,16,17,18). The monoisotopic (exact) mass is 334 g/mol. The van der Waals surface area contributed by atoms with Crippen molar-refractivity contribution in [3.8, 4) is 0 Å². The van der Waals surface area contributed by atoms with Crippen molar-refractivity contribution in [1.29, 1.82) is 0 Å². The number of nitrogens with one attached hydrogen (secondary N) is 2. The number of carbonyl (C=O) groups excluding carboxylic acids is 1. The molecule has 2 aromatic rings. The smallest absolute Gasteiger partial charge is 0.274 e. The zero-order valence-corrected chi connectivity index (χ0v) is 12.8. The molecule has 5 nitrogen and oxygen atoms in total. The Hall–Kier alpha value is -1.95. The summed E-state index contributed by atoms with van der Waals surface area (Å²) in [5.41, 5.74) is 1.04. The normalized spacial score (nSPS) is 10.4. The van der Waals surface area contributed by atoms with Gasteiger partial charge < -0.3 is 10.6 Å². The van der Waals surface area contributed by atoms with Gasteiger partial charge in [0, 0.05) is 22.3 Å². The SMILES string of the molecule is CC(C)Nc1cc(C(=O)Nc2ccc(Br)cc2)ncn1. The van der Waals surface area contributed by atoms with E-state index in [0.717, 1.165) is 10.2 Å². The molecule has 0 aliphatic carbocycles. The first-order valence-corrected chi connectivity index (χ1v) is 6.99. The third kappa shape index (κ3) is 4.03. The quantitative estimate of drug-likeness (QED) is 0.900. The largest absolute Gasteiger partial charge is 0.368 e. The van der Waals surface area contributed by atoms with E-state index in [1.54, 1.807) is 6.07 Å². The van der Waals surface area contributed by atoms with Crippen molar-refractivity contribution < 1.29 is 4.79 Å². The minimum Gasteiger partial charge on any atom is -0.368 e. The lowest BCUT2D eigenvalue weighted by molar-refractivity contribution is 0.102. The number of anilines is 2. The summed E-state index contributed by atoms with van der Waals surface area (Å²) in [7, 11) is 0. The fourth-order valence-electron chi connectivity index (χ4n) is 1.58. The number of benzene rings is 1. The molecule has 2 N–H and O–H groups in total. The van der Waals surface area contributed by atoms with Crippen LogP contribution in [0.1, 0.15) is 24.3 Å². The number of rotatable bonds is 4. The molecule has 0 aliphatic heterocycles. The lowest BCUT2D eigenvalue weighted by Gasteiger charge is -2.09. The first-order chi connectivity index (χ1) is 9.54. The van der Waals surface area contributed by atoms with Gasteiger partial charge in [0.25, 0.3) is 5.91 Å². The Morgan fingerprint density at radius 2 is 1.90 bits per heavy atom. The maximum atomic E-state index is 12.1. The summed E-state index contributed by atoms with van der Waals surface area (Å²) in [5, 5.41) is 5.92. The van der Waals surface area contributed by atoms with Crippen LogP contribution in [0, 0.1) is 0 Å². The Bertz CT molecular complexity index is 598. The molecule has 0 radical (unpaired) electrons. The van der Waals surface area contributed by atoms with E-state index in [4.69, 9.17) is 0 Å². The molecule has 0 unspecified atom stereocenters. The molecule has 2 rings (SSSR count). The van der Waals surface area contributed by atoms with E-state index in [1.165, 1.54) is 6.33 Å². The zero-order valence-electron chi connectivity index (χ0n) is 11.2. The van der Waals surface area contributed by atoms with Crippen molar-refractivity contribution in [2.24, 2.45) is 0 Å². The highest BCUT2D eigenvalue weighted by Crippen LogP contribution is 2.15. The van der Waals surface area contributed by atoms with Crippen LogP contribution in [0.25, 0.3) is 0 Å². The van der Waals surface area contributed by atoms with Gasteiger partial charge in [-0.1, -0.05) is 15.9 Å². The van der Waals surface area contributed by atoms with E-state index in [1.807, 2.05) is 38.1 Å². The van der Waals surface area contributed by atoms with Crippen LogP contribution in [0.5, 0.6) is 0 Å². The summed E-state index contributed by atoms with van der Waals surface area (Å²) < 4.78 is 0.959. The number of nitrogens with zero attached hydrogens (tertiary/aromatic N) is 2. The molecular formula is C14H15BrN4O. The zero-order chi connectivity index (χ0) is 14.5. The maximum Gasteiger partial charge on any atom is 0.274 e. The molecule has 1 heterocycles. The number of hydrogen-bond acceptors (Lipinski definition) is 4. The van der Waals surface area contributed by atoms with Gasteiger partial charge in [-0.2, -0.15) is 0 Å². The van der Waals surface area contributed by atoms with Crippen molar-refractivity contribution >= 4 is 33.3 Å². The van der Waals surface area contributed by atoms with E-state index >= 15 is 0 Å². The molecule has 0 atom stereocenters. The Labute approximate surface area is 126 Å². The summed E-state index contributed by atoms with van der Waals surface area (Å²) >= 11 is 3.35. The Balaban J connectivity index is 2.10. The lowest BCUT2D eigenvalue weighted by atomic mass is 10.3. The molecule has 1 aromatic heterocycles. The van der Waals surface area contributed by atoms with Crippen LogP contribution in [0.15, 0.2) is 41.1 Å². The summed E-state index contributed by atoms with van der Waals surface area (Å²) in [6.45, 7) is 4.01. The van der Waals surface area contributed by atoms with Gasteiger partial charge in [0.2, 0.25) is 0 Å². The topological polar surface area (TPSA) is 66.9 Å². The minimum atomic E-state index is -0.262. The van der Waals surface area contributed by atoms with Gasteiger partial charge in [0.05, 0.1) is 0 Å². The molecule has 1 aromatic carbocycles. The van der Waals surface area contributed by atoms with Crippen LogP contribution in [0.4, 0.5) is 11.5 Å². The van der Waals surface area contributed by atoms with E-state index in [2.05, 4.69) is 36.5 Å². The molecule has 0 fully saturated rings. The maximum absolute atomic E-state index is 12.1. The number of hydrogen-bond donors (Lipinski definition) is 2. The van der Waals surface area contributed by atoms with Gasteiger partial charge in [0.15, 0.2) is 0 Å². The molecule has 0 aliphatic rings. The summed E-state index contributed by atoms with van der Waals surface area (Å²) in [5.74, 6) is 0.373. The van der Waals surface area contributed by atoms with Crippen molar-refractivity contribution in [3.05, 3.63) is 46.8 Å². The highest BCUT2D eigenvalue weighted by molar-refractivity contribution is 9.10. The van der Waals surface area contributed by atoms with Gasteiger partial charge in [-0.15, -0.1) is 0 Å². The van der Waals surface area contributed by atoms with Crippen LogP contribution in [-0.2, 0) is 0 Å². The van der Waals surface area contributed by atoms with Gasteiger partial charge in [-0.25, -0.2) is 9.97 Å². The molecule has 0 spiro atoms. The number of halogens is 1. The molecule has 0 saturated heterocycles. The van der Waals surface area contributed by atoms with E-state index < -0.39 is 0 Å². The van der Waals surface area contributed by atoms with Crippen molar-refractivity contribution in [1.82, 2.24) is 9.97 Å². The third-order valence-corrected chi connectivity index (χ3v) is 2.97. The summed E-state index contributed by atoms with van der Waals surface area (Å²) in [6.07, 6.45) is 1.38. The highest BCUT2D eigenvalue weighted by atomic mass is 79.9. The van der Waals surface area contributed by atoms with Gasteiger partial charge in [-0.3, -0.25) is 4.79 Å². The van der Waals surface area contributed by atoms with Crippen LogP contribution in [0.3, 0.4) is 0 Å². The Morgan fingerprint density at radius 1 is 1.20 bits per heavy atom. The van der Waals surface area contributed by atoms with Gasteiger partial charge in [-0.05, 0) is 38.1 Å². The lowest BCUT2D eigenvalue weighted by Crippen LogP contribution is -2.16. The molecule has 104 valence electrons. The summed E-state index contributed by atoms with van der Waals surface area (Å²) in [6, 6.07) is 9.23. The first-order valence-electron chi connectivity index (χ1n) is 6.20. The van der Waals surface area contributed by atoms with Crippen LogP contribution in [0.2, 0.25) is 0 Å². The van der Waals surface area contributed by atoms with Crippen molar-refractivity contribution in [2.75, 3.05) is 10.6 Å². The predicted octanol–water partition coefficient (Wildman–Crippen LogP) is 3.31. The number of aromatic nitrogens is 2. The van der Waals surface area contributed by atoms with Crippen LogP contribution >= 0.6 is 15.9 Å². The average molecular weight is 335 g/mol. The number of carbonyl (C=O) groups is 1. The second-order valence-corrected chi connectivity index (χ2v) is 5.46. The Morgan fingerprint density at radius 3 is 2.55 bits per heavy atom. The third-order valence-electron chi connectivity index (χ3n) is 2.44. The van der Waals surface area contributed by atoms with Crippen molar-refractivity contribution in [3.63, 3.8) is 0 Å². The second kappa shape index (κ2) is 6.47. The fraction of sp³-hybridized carbons (Fsp3) is 0.214. The summed E-state index contributed by atoms with van der Waals surface area (Å²) in [4.78, 5) is 20.2. The van der Waals surface area contributed by atoms with Crippen LogP contribution < -0.4 is 10.6 Å². The van der Waals surface area contributed by atoms with Gasteiger partial charge >= 0.3 is 0 Å². The molecular weight excluding hydrogens is 320 g/mol. The molecule has 0 saturated carbocycles. The minimum absolute atomic E-state index is 0.243. The predicted molar refractivity (Wildman–Crippen MR) is 82.9 cm³/mol. The molecule has 6 heteroatoms. The van der Waals surface area contributed by atoms with E-state index in [-0.39, 0.29) is 11.9 Å². The number of amides is 1. The van der Waals surface area contributed by atoms with E-state index in [9.17, 15) is 4.79 Å². The van der Waals surface area contributed by atoms with Crippen LogP contribution in [-0.4, -0.2) is 21.9 Å². The molecule has 0 bridgehead atoms. The molecule has 20 heavy (non-hydrogen) atoms. The average Bonchev–Trinajstić information content (AvgIpc) is 2.41.